The van der Waals surface area contributed by atoms with E-state index in [1.807, 2.05) is 19.1 Å². The maximum absolute atomic E-state index is 6.02. The van der Waals surface area contributed by atoms with Crippen LogP contribution in [-0.4, -0.2) is 0 Å². The molecule has 1 aromatic rings. The van der Waals surface area contributed by atoms with Gasteiger partial charge >= 0.3 is 0 Å². The van der Waals surface area contributed by atoms with E-state index in [0.29, 0.717) is 6.42 Å². The van der Waals surface area contributed by atoms with Crippen molar-refractivity contribution in [2.45, 2.75) is 26.3 Å². The Morgan fingerprint density at radius 1 is 1.50 bits per heavy atom. The average Bonchev–Trinajstić information content (AvgIpc) is 2.18. The predicted octanol–water partition coefficient (Wildman–Crippen LogP) is 3.17. The van der Waals surface area contributed by atoms with Crippen molar-refractivity contribution in [1.29, 1.82) is 0 Å². The Bertz CT molecular complexity index is 374. The fourth-order valence-electron chi connectivity index (χ4n) is 1.28. The monoisotopic (exact) mass is 251 g/mol. The van der Waals surface area contributed by atoms with Crippen LogP contribution in [-0.2, 0) is 0 Å². The first-order valence-corrected chi connectivity index (χ1v) is 5.36. The Morgan fingerprint density at radius 2 is 2.21 bits per heavy atom. The number of hydrogen-bond donors (Lipinski definition) is 1. The van der Waals surface area contributed by atoms with Gasteiger partial charge in [0.05, 0.1) is 0 Å². The number of benzene rings is 1. The molecule has 0 spiro atoms. The Morgan fingerprint density at radius 3 is 2.86 bits per heavy atom. The first kappa shape index (κ1) is 11.3. The molecule has 1 atom stereocenters. The summed E-state index contributed by atoms with van der Waals surface area (Å²) in [7, 11) is 0. The molecule has 74 valence electrons. The van der Waals surface area contributed by atoms with Gasteiger partial charge in [-0.2, -0.15) is 0 Å². The summed E-state index contributed by atoms with van der Waals surface area (Å²) < 4.78 is 1.10. The van der Waals surface area contributed by atoms with Crippen LogP contribution in [0.3, 0.4) is 0 Å². The zero-order valence-corrected chi connectivity index (χ0v) is 10.1. The van der Waals surface area contributed by atoms with Gasteiger partial charge in [-0.1, -0.05) is 34.1 Å². The molecule has 1 nitrogen and oxygen atoms in total. The molecule has 1 aromatic carbocycles. The van der Waals surface area contributed by atoms with Crippen LogP contribution < -0.4 is 5.73 Å². The summed E-state index contributed by atoms with van der Waals surface area (Å²) in [5, 5.41) is 0. The molecule has 0 aliphatic carbocycles. The summed E-state index contributed by atoms with van der Waals surface area (Å²) in [6.45, 7) is 3.89. The van der Waals surface area contributed by atoms with Gasteiger partial charge in [-0.25, -0.2) is 0 Å². The normalized spacial score (nSPS) is 11.7. The minimum Gasteiger partial charge on any atom is -0.323 e. The lowest BCUT2D eigenvalue weighted by atomic mass is 10.0. The summed E-state index contributed by atoms with van der Waals surface area (Å²) in [6.07, 6.45) is 0.707. The number of halogens is 1. The molecule has 0 bridgehead atoms. The molecule has 0 aliphatic heterocycles. The van der Waals surface area contributed by atoms with Crippen molar-refractivity contribution in [3.8, 4) is 11.8 Å². The van der Waals surface area contributed by atoms with E-state index in [2.05, 4.69) is 40.8 Å². The molecular formula is C12H14BrN. The zero-order valence-electron chi connectivity index (χ0n) is 8.47. The largest absolute Gasteiger partial charge is 0.323 e. The molecule has 0 amide bonds. The van der Waals surface area contributed by atoms with E-state index in [4.69, 9.17) is 5.73 Å². The van der Waals surface area contributed by atoms with Crippen LogP contribution in [0, 0.1) is 18.8 Å². The van der Waals surface area contributed by atoms with Gasteiger partial charge in [-0.05, 0) is 25.0 Å². The van der Waals surface area contributed by atoms with Crippen LogP contribution in [0.15, 0.2) is 22.7 Å². The molecule has 0 radical (unpaired) electrons. The molecule has 0 heterocycles. The van der Waals surface area contributed by atoms with E-state index in [1.165, 1.54) is 5.56 Å². The van der Waals surface area contributed by atoms with Crippen LogP contribution in [0.4, 0.5) is 0 Å². The van der Waals surface area contributed by atoms with Gasteiger partial charge < -0.3 is 5.73 Å². The summed E-state index contributed by atoms with van der Waals surface area (Å²) in [4.78, 5) is 0. The molecule has 0 aliphatic rings. The van der Waals surface area contributed by atoms with Gasteiger partial charge in [0.1, 0.15) is 0 Å². The second-order valence-corrected chi connectivity index (χ2v) is 4.01. The molecular weight excluding hydrogens is 238 g/mol. The summed E-state index contributed by atoms with van der Waals surface area (Å²) >= 11 is 3.54. The van der Waals surface area contributed by atoms with E-state index in [9.17, 15) is 0 Å². The Labute approximate surface area is 93.8 Å². The fraction of sp³-hybridized carbons (Fsp3) is 0.333. The van der Waals surface area contributed by atoms with Crippen LogP contribution >= 0.6 is 15.9 Å². The molecule has 0 saturated heterocycles. The topological polar surface area (TPSA) is 26.0 Å². The smallest absolute Gasteiger partial charge is 0.0417 e. The van der Waals surface area contributed by atoms with E-state index in [1.54, 1.807) is 0 Å². The molecule has 1 unspecified atom stereocenters. The van der Waals surface area contributed by atoms with Gasteiger partial charge in [0.15, 0.2) is 0 Å². The lowest BCUT2D eigenvalue weighted by molar-refractivity contribution is 0.749. The Kier molecular flexibility index (Phi) is 4.19. The third-order valence-corrected chi connectivity index (χ3v) is 3.20. The van der Waals surface area contributed by atoms with Gasteiger partial charge in [0, 0.05) is 16.9 Å². The highest BCUT2D eigenvalue weighted by Crippen LogP contribution is 2.26. The predicted molar refractivity (Wildman–Crippen MR) is 63.9 cm³/mol. The highest BCUT2D eigenvalue weighted by molar-refractivity contribution is 9.10. The average molecular weight is 252 g/mol. The second-order valence-electron chi connectivity index (χ2n) is 3.22. The third-order valence-electron chi connectivity index (χ3n) is 2.12. The maximum Gasteiger partial charge on any atom is 0.0417 e. The van der Waals surface area contributed by atoms with Crippen molar-refractivity contribution in [3.63, 3.8) is 0 Å². The SMILES string of the molecule is CC#CCC(N)c1cccc(C)c1Br. The van der Waals surface area contributed by atoms with E-state index in [0.717, 1.165) is 10.0 Å². The summed E-state index contributed by atoms with van der Waals surface area (Å²) in [5.74, 6) is 5.85. The van der Waals surface area contributed by atoms with Crippen LogP contribution in [0.1, 0.15) is 30.5 Å². The van der Waals surface area contributed by atoms with Crippen LogP contribution in [0.25, 0.3) is 0 Å². The number of aryl methyl sites for hydroxylation is 1. The Balaban J connectivity index is 2.93. The number of nitrogens with two attached hydrogens (primary N) is 1. The molecule has 0 aromatic heterocycles. The quantitative estimate of drug-likeness (QED) is 0.804. The zero-order chi connectivity index (χ0) is 10.6. The van der Waals surface area contributed by atoms with Crippen LogP contribution in [0.2, 0.25) is 0 Å². The van der Waals surface area contributed by atoms with Gasteiger partial charge in [0.25, 0.3) is 0 Å². The minimum atomic E-state index is -0.00303. The number of rotatable bonds is 2. The van der Waals surface area contributed by atoms with E-state index >= 15 is 0 Å². The van der Waals surface area contributed by atoms with Crippen LogP contribution in [0.5, 0.6) is 0 Å². The molecule has 0 saturated carbocycles. The van der Waals surface area contributed by atoms with Crippen molar-refractivity contribution in [1.82, 2.24) is 0 Å². The van der Waals surface area contributed by atoms with Gasteiger partial charge in [-0.15, -0.1) is 11.8 Å². The fourth-order valence-corrected chi connectivity index (χ4v) is 1.84. The summed E-state index contributed by atoms with van der Waals surface area (Å²) in [6, 6.07) is 6.12. The number of hydrogen-bond acceptors (Lipinski definition) is 1. The van der Waals surface area contributed by atoms with Crippen molar-refractivity contribution in [2.24, 2.45) is 5.73 Å². The van der Waals surface area contributed by atoms with Crippen molar-refractivity contribution in [2.75, 3.05) is 0 Å². The first-order valence-electron chi connectivity index (χ1n) is 4.57. The molecule has 0 fully saturated rings. The molecule has 14 heavy (non-hydrogen) atoms. The van der Waals surface area contributed by atoms with E-state index in [-0.39, 0.29) is 6.04 Å². The summed E-state index contributed by atoms with van der Waals surface area (Å²) in [5.41, 5.74) is 8.36. The Hall–Kier alpha value is -0.780. The molecule has 2 heteroatoms. The van der Waals surface area contributed by atoms with Gasteiger partial charge in [0.2, 0.25) is 0 Å². The highest BCUT2D eigenvalue weighted by Gasteiger charge is 2.09. The second kappa shape index (κ2) is 5.19. The molecule has 2 N–H and O–H groups in total. The van der Waals surface area contributed by atoms with E-state index < -0.39 is 0 Å². The first-order chi connectivity index (χ1) is 6.66. The van der Waals surface area contributed by atoms with Crippen molar-refractivity contribution >= 4 is 15.9 Å². The maximum atomic E-state index is 6.02. The minimum absolute atomic E-state index is 0.00303. The third kappa shape index (κ3) is 2.60. The lowest BCUT2D eigenvalue weighted by Crippen LogP contribution is -2.10. The lowest BCUT2D eigenvalue weighted by Gasteiger charge is -2.12. The van der Waals surface area contributed by atoms with Gasteiger partial charge in [-0.3, -0.25) is 0 Å². The van der Waals surface area contributed by atoms with Crippen molar-refractivity contribution < 1.29 is 0 Å². The standard InChI is InChI=1S/C12H14BrN/c1-3-4-8-11(14)10-7-5-6-9(2)12(10)13/h5-7,11H,8,14H2,1-2H3. The van der Waals surface area contributed by atoms with Crippen molar-refractivity contribution in [3.05, 3.63) is 33.8 Å². The highest BCUT2D eigenvalue weighted by atomic mass is 79.9. The molecule has 1 rings (SSSR count).